The van der Waals surface area contributed by atoms with Crippen LogP contribution in [0.2, 0.25) is 0 Å². The van der Waals surface area contributed by atoms with Gasteiger partial charge in [-0.05, 0) is 71.5 Å². The fraction of sp³-hybridized carbons (Fsp3) is 0.318. The Morgan fingerprint density at radius 2 is 1.69 bits per heavy atom. The summed E-state index contributed by atoms with van der Waals surface area (Å²) in [6.45, 7) is 2.62. The summed E-state index contributed by atoms with van der Waals surface area (Å²) in [5, 5.41) is 16.0. The molecule has 1 unspecified atom stereocenters. The van der Waals surface area contributed by atoms with E-state index in [0.717, 1.165) is 24.2 Å². The third-order valence-corrected chi connectivity index (χ3v) is 6.91. The summed E-state index contributed by atoms with van der Waals surface area (Å²) in [7, 11) is 0. The Hall–Kier alpha value is -2.35. The van der Waals surface area contributed by atoms with Gasteiger partial charge in [0.2, 0.25) is 0 Å². The molecule has 0 spiro atoms. The summed E-state index contributed by atoms with van der Waals surface area (Å²) >= 11 is 3.50. The topological polar surface area (TPSA) is 59.0 Å². The molecule has 7 heteroatoms. The summed E-state index contributed by atoms with van der Waals surface area (Å²) in [5.41, 5.74) is 3.65. The molecule has 1 aliphatic rings. The fourth-order valence-corrected chi connectivity index (χ4v) is 5.45. The maximum atomic E-state index is 11.3. The number of carbonyl (C=O) groups is 1. The molecular formula is C22H23NO4S2. The maximum Gasteiger partial charge on any atom is 0.333 e. The van der Waals surface area contributed by atoms with Gasteiger partial charge >= 0.3 is 5.97 Å². The van der Waals surface area contributed by atoms with Crippen molar-refractivity contribution in [3.05, 3.63) is 63.8 Å². The summed E-state index contributed by atoms with van der Waals surface area (Å²) in [5.74, 6) is -0.177. The first-order valence-electron chi connectivity index (χ1n) is 9.62. The number of benzene rings is 1. The van der Waals surface area contributed by atoms with Crippen LogP contribution in [0.5, 0.6) is 5.75 Å². The van der Waals surface area contributed by atoms with Crippen LogP contribution in [0.1, 0.15) is 23.6 Å². The SMILES string of the molecule is CCOC(Cc1ccc(OCN2c3sccc3CCc3ccsc32)cc1)C(=O)O. The van der Waals surface area contributed by atoms with E-state index in [2.05, 4.69) is 27.8 Å². The molecule has 29 heavy (non-hydrogen) atoms. The summed E-state index contributed by atoms with van der Waals surface area (Å²) in [4.78, 5) is 13.5. The minimum atomic E-state index is -0.938. The lowest BCUT2D eigenvalue weighted by Crippen LogP contribution is -2.26. The lowest BCUT2D eigenvalue weighted by Gasteiger charge is -2.23. The smallest absolute Gasteiger partial charge is 0.333 e. The number of nitrogens with zero attached hydrogens (tertiary/aromatic N) is 1. The van der Waals surface area contributed by atoms with E-state index < -0.39 is 12.1 Å². The average molecular weight is 430 g/mol. The zero-order valence-electron chi connectivity index (χ0n) is 16.2. The number of aliphatic carboxylic acids is 1. The van der Waals surface area contributed by atoms with E-state index in [4.69, 9.17) is 9.47 Å². The van der Waals surface area contributed by atoms with Gasteiger partial charge in [-0.1, -0.05) is 12.1 Å². The van der Waals surface area contributed by atoms with Crippen LogP contribution < -0.4 is 9.64 Å². The number of ether oxygens (including phenoxy) is 2. The Labute approximate surface area is 178 Å². The van der Waals surface area contributed by atoms with Gasteiger partial charge in [0, 0.05) is 13.0 Å². The van der Waals surface area contributed by atoms with Crippen molar-refractivity contribution in [3.63, 3.8) is 0 Å². The van der Waals surface area contributed by atoms with Crippen molar-refractivity contribution < 1.29 is 19.4 Å². The number of carboxylic acids is 1. The zero-order valence-corrected chi connectivity index (χ0v) is 17.8. The van der Waals surface area contributed by atoms with E-state index in [1.807, 2.05) is 24.3 Å². The Kier molecular flexibility index (Phi) is 6.18. The van der Waals surface area contributed by atoms with Crippen LogP contribution in [0.3, 0.4) is 0 Å². The van der Waals surface area contributed by atoms with Crippen LogP contribution in [0.15, 0.2) is 47.2 Å². The largest absolute Gasteiger partial charge is 0.479 e. The molecule has 4 rings (SSSR count). The molecule has 1 aliphatic heterocycles. The molecule has 1 N–H and O–H groups in total. The van der Waals surface area contributed by atoms with Gasteiger partial charge < -0.3 is 14.6 Å². The number of aryl methyl sites for hydroxylation is 2. The second kappa shape index (κ2) is 8.98. The Morgan fingerprint density at radius 1 is 1.07 bits per heavy atom. The van der Waals surface area contributed by atoms with Gasteiger partial charge in [-0.3, -0.25) is 4.90 Å². The van der Waals surface area contributed by atoms with Gasteiger partial charge in [0.15, 0.2) is 12.8 Å². The number of carboxylic acid groups (broad SMARTS) is 1. The van der Waals surface area contributed by atoms with Gasteiger partial charge in [-0.25, -0.2) is 4.79 Å². The molecule has 0 fully saturated rings. The van der Waals surface area contributed by atoms with Gasteiger partial charge in [-0.2, -0.15) is 0 Å². The first-order chi connectivity index (χ1) is 14.2. The van der Waals surface area contributed by atoms with Crippen molar-refractivity contribution in [2.45, 2.75) is 32.3 Å². The Bertz CT molecular complexity index is 921. The summed E-state index contributed by atoms with van der Waals surface area (Å²) in [6.07, 6.45) is 1.63. The Morgan fingerprint density at radius 3 is 2.24 bits per heavy atom. The van der Waals surface area contributed by atoms with Crippen LogP contribution in [0.4, 0.5) is 10.0 Å². The van der Waals surface area contributed by atoms with Crippen molar-refractivity contribution in [2.24, 2.45) is 0 Å². The van der Waals surface area contributed by atoms with Crippen LogP contribution in [0.25, 0.3) is 0 Å². The fourth-order valence-electron chi connectivity index (χ4n) is 3.48. The zero-order chi connectivity index (χ0) is 20.2. The average Bonchev–Trinajstić information content (AvgIpc) is 3.35. The highest BCUT2D eigenvalue weighted by Crippen LogP contribution is 2.42. The van der Waals surface area contributed by atoms with Crippen LogP contribution in [-0.2, 0) is 28.8 Å². The molecule has 2 aromatic heterocycles. The molecule has 152 valence electrons. The minimum Gasteiger partial charge on any atom is -0.479 e. The molecule has 0 amide bonds. The quantitative estimate of drug-likeness (QED) is 0.539. The van der Waals surface area contributed by atoms with Crippen LogP contribution in [-0.4, -0.2) is 30.5 Å². The molecule has 1 atom stereocenters. The molecule has 0 aliphatic carbocycles. The molecular weight excluding hydrogens is 406 g/mol. The molecule has 0 bridgehead atoms. The van der Waals surface area contributed by atoms with Gasteiger partial charge in [0.1, 0.15) is 15.8 Å². The highest BCUT2D eigenvalue weighted by Gasteiger charge is 2.23. The van der Waals surface area contributed by atoms with Crippen molar-refractivity contribution in [3.8, 4) is 5.75 Å². The first kappa shape index (κ1) is 19.9. The van der Waals surface area contributed by atoms with Crippen molar-refractivity contribution >= 4 is 38.6 Å². The minimum absolute atomic E-state index is 0.340. The molecule has 0 saturated heterocycles. The van der Waals surface area contributed by atoms with Gasteiger partial charge in [0.25, 0.3) is 0 Å². The van der Waals surface area contributed by atoms with Crippen molar-refractivity contribution in [1.29, 1.82) is 0 Å². The molecule has 3 heterocycles. The molecule has 5 nitrogen and oxygen atoms in total. The van der Waals surface area contributed by atoms with Crippen molar-refractivity contribution in [1.82, 2.24) is 0 Å². The number of fused-ring (bicyclic) bond motifs is 2. The third kappa shape index (κ3) is 4.47. The predicted molar refractivity (Wildman–Crippen MR) is 117 cm³/mol. The third-order valence-electron chi connectivity index (χ3n) is 4.95. The van der Waals surface area contributed by atoms with Crippen LogP contribution >= 0.6 is 22.7 Å². The van der Waals surface area contributed by atoms with Crippen molar-refractivity contribution in [2.75, 3.05) is 18.2 Å². The standard InChI is InChI=1S/C22H23NO4S2/c1-2-26-19(22(24)25)13-15-3-7-18(8-4-15)27-14-23-20-16(9-11-28-20)5-6-17-10-12-29-21(17)23/h3-4,7-12,19H,2,5-6,13-14H2,1H3,(H,24,25). The number of thiophene rings is 2. The maximum absolute atomic E-state index is 11.3. The monoisotopic (exact) mass is 429 g/mol. The lowest BCUT2D eigenvalue weighted by molar-refractivity contribution is -0.149. The van der Waals surface area contributed by atoms with E-state index in [-0.39, 0.29) is 0 Å². The number of rotatable bonds is 8. The lowest BCUT2D eigenvalue weighted by atomic mass is 10.1. The summed E-state index contributed by atoms with van der Waals surface area (Å²) < 4.78 is 11.4. The second-order valence-corrected chi connectivity index (χ2v) is 8.62. The predicted octanol–water partition coefficient (Wildman–Crippen LogP) is 5.12. The van der Waals surface area contributed by atoms with E-state index in [1.165, 1.54) is 21.1 Å². The van der Waals surface area contributed by atoms with Gasteiger partial charge in [0.05, 0.1) is 0 Å². The van der Waals surface area contributed by atoms with E-state index in [1.54, 1.807) is 29.6 Å². The molecule has 3 aromatic rings. The van der Waals surface area contributed by atoms with E-state index in [9.17, 15) is 9.90 Å². The van der Waals surface area contributed by atoms with Gasteiger partial charge in [-0.15, -0.1) is 22.7 Å². The van der Waals surface area contributed by atoms with Crippen LogP contribution in [0, 0.1) is 0 Å². The molecule has 0 saturated carbocycles. The van der Waals surface area contributed by atoms with E-state index in [0.29, 0.717) is 19.8 Å². The Balaban J connectivity index is 1.45. The highest BCUT2D eigenvalue weighted by molar-refractivity contribution is 7.16. The molecule has 1 aromatic carbocycles. The second-order valence-electron chi connectivity index (χ2n) is 6.83. The molecule has 0 radical (unpaired) electrons. The summed E-state index contributed by atoms with van der Waals surface area (Å²) in [6, 6.07) is 12.0. The highest BCUT2D eigenvalue weighted by atomic mass is 32.1. The number of anilines is 2. The number of hydrogen-bond acceptors (Lipinski definition) is 6. The normalized spacial score (nSPS) is 14.0. The first-order valence-corrected chi connectivity index (χ1v) is 11.4. The van der Waals surface area contributed by atoms with E-state index >= 15 is 0 Å². The number of hydrogen-bond donors (Lipinski definition) is 1.